The summed E-state index contributed by atoms with van der Waals surface area (Å²) in [6.45, 7) is 1.94. The molecular weight excluding hydrogens is 208 g/mol. The van der Waals surface area contributed by atoms with Gasteiger partial charge in [0.05, 0.1) is 0 Å². The maximum absolute atomic E-state index is 10.8. The van der Waals surface area contributed by atoms with Gasteiger partial charge in [0, 0.05) is 4.88 Å². The second-order valence-electron chi connectivity index (χ2n) is 3.29. The van der Waals surface area contributed by atoms with Crippen molar-refractivity contribution in [3.8, 4) is 10.4 Å². The average molecular weight is 218 g/mol. The van der Waals surface area contributed by atoms with E-state index in [4.69, 9.17) is 5.11 Å². The Morgan fingerprint density at radius 1 is 1.27 bits per heavy atom. The van der Waals surface area contributed by atoms with Crippen LogP contribution in [-0.4, -0.2) is 11.1 Å². The van der Waals surface area contributed by atoms with Crippen LogP contribution in [-0.2, 0) is 0 Å². The molecule has 1 N–H and O–H groups in total. The van der Waals surface area contributed by atoms with Gasteiger partial charge in [-0.05, 0) is 24.1 Å². The second-order valence-corrected chi connectivity index (χ2v) is 4.35. The van der Waals surface area contributed by atoms with Crippen molar-refractivity contribution in [3.63, 3.8) is 0 Å². The summed E-state index contributed by atoms with van der Waals surface area (Å²) in [6, 6.07) is 11.6. The fraction of sp³-hybridized carbons (Fsp3) is 0.0833. The Morgan fingerprint density at radius 2 is 1.93 bits per heavy atom. The third kappa shape index (κ3) is 1.92. The number of aryl methyl sites for hydroxylation is 1. The van der Waals surface area contributed by atoms with Crippen molar-refractivity contribution in [1.29, 1.82) is 0 Å². The van der Waals surface area contributed by atoms with E-state index in [0.717, 1.165) is 16.0 Å². The van der Waals surface area contributed by atoms with Crippen LogP contribution in [0.15, 0.2) is 36.4 Å². The SMILES string of the molecule is Cc1cc(C(=O)O)sc1-c1ccccc1. The minimum absolute atomic E-state index is 0.395. The molecule has 76 valence electrons. The molecule has 0 aliphatic heterocycles. The normalized spacial score (nSPS) is 10.2. The molecule has 0 saturated heterocycles. The predicted molar refractivity (Wildman–Crippen MR) is 61.5 cm³/mol. The van der Waals surface area contributed by atoms with Crippen LogP contribution in [0.4, 0.5) is 0 Å². The zero-order chi connectivity index (χ0) is 10.8. The summed E-state index contributed by atoms with van der Waals surface area (Å²) in [7, 11) is 0. The minimum Gasteiger partial charge on any atom is -0.477 e. The summed E-state index contributed by atoms with van der Waals surface area (Å²) < 4.78 is 0. The molecule has 0 aliphatic carbocycles. The topological polar surface area (TPSA) is 37.3 Å². The Labute approximate surface area is 91.8 Å². The Balaban J connectivity index is 2.50. The van der Waals surface area contributed by atoms with Crippen LogP contribution in [0, 0.1) is 6.92 Å². The van der Waals surface area contributed by atoms with E-state index >= 15 is 0 Å². The fourth-order valence-corrected chi connectivity index (χ4v) is 2.48. The fourth-order valence-electron chi connectivity index (χ4n) is 1.46. The first-order valence-electron chi connectivity index (χ1n) is 4.57. The van der Waals surface area contributed by atoms with Gasteiger partial charge in [-0.25, -0.2) is 4.79 Å². The number of hydrogen-bond donors (Lipinski definition) is 1. The molecule has 2 aromatic rings. The van der Waals surface area contributed by atoms with Crippen LogP contribution >= 0.6 is 11.3 Å². The number of rotatable bonds is 2. The standard InChI is InChI=1S/C12H10O2S/c1-8-7-10(12(13)14)15-11(8)9-5-3-2-4-6-9/h2-7H,1H3,(H,13,14). The largest absolute Gasteiger partial charge is 0.477 e. The number of thiophene rings is 1. The molecule has 1 aromatic heterocycles. The van der Waals surface area contributed by atoms with Crippen molar-refractivity contribution in [2.24, 2.45) is 0 Å². The van der Waals surface area contributed by atoms with Gasteiger partial charge < -0.3 is 5.11 Å². The summed E-state index contributed by atoms with van der Waals surface area (Å²) in [5.74, 6) is -0.856. The molecule has 3 heteroatoms. The smallest absolute Gasteiger partial charge is 0.345 e. The molecular formula is C12H10O2S. The Kier molecular flexibility index (Phi) is 2.56. The molecule has 0 fully saturated rings. The molecule has 0 aliphatic rings. The van der Waals surface area contributed by atoms with Gasteiger partial charge in [-0.3, -0.25) is 0 Å². The van der Waals surface area contributed by atoms with Crippen LogP contribution < -0.4 is 0 Å². The van der Waals surface area contributed by atoms with E-state index in [1.165, 1.54) is 11.3 Å². The van der Waals surface area contributed by atoms with Crippen molar-refractivity contribution < 1.29 is 9.90 Å². The summed E-state index contributed by atoms with van der Waals surface area (Å²) in [5.41, 5.74) is 2.09. The number of carboxylic acids is 1. The van der Waals surface area contributed by atoms with Crippen molar-refractivity contribution >= 4 is 17.3 Å². The highest BCUT2D eigenvalue weighted by atomic mass is 32.1. The first-order chi connectivity index (χ1) is 7.18. The molecule has 1 aromatic carbocycles. The monoisotopic (exact) mass is 218 g/mol. The Hall–Kier alpha value is -1.61. The zero-order valence-corrected chi connectivity index (χ0v) is 9.04. The van der Waals surface area contributed by atoms with E-state index in [1.54, 1.807) is 6.07 Å². The lowest BCUT2D eigenvalue weighted by Gasteiger charge is -1.97. The van der Waals surface area contributed by atoms with Crippen LogP contribution in [0.2, 0.25) is 0 Å². The predicted octanol–water partition coefficient (Wildman–Crippen LogP) is 3.42. The van der Waals surface area contributed by atoms with Gasteiger partial charge in [0.1, 0.15) is 4.88 Å². The number of aromatic carboxylic acids is 1. The lowest BCUT2D eigenvalue weighted by atomic mass is 10.1. The summed E-state index contributed by atoms with van der Waals surface area (Å²) in [6.07, 6.45) is 0. The van der Waals surface area contributed by atoms with E-state index in [1.807, 2.05) is 37.3 Å². The highest BCUT2D eigenvalue weighted by Gasteiger charge is 2.11. The average Bonchev–Trinajstić information content (AvgIpc) is 2.62. The first kappa shape index (κ1) is 9.93. The molecule has 0 unspecified atom stereocenters. The van der Waals surface area contributed by atoms with Gasteiger partial charge in [-0.1, -0.05) is 30.3 Å². The summed E-state index contributed by atoms with van der Waals surface area (Å²) in [4.78, 5) is 12.2. The molecule has 15 heavy (non-hydrogen) atoms. The summed E-state index contributed by atoms with van der Waals surface area (Å²) in [5, 5.41) is 8.88. The molecule has 0 bridgehead atoms. The highest BCUT2D eigenvalue weighted by Crippen LogP contribution is 2.31. The third-order valence-corrected chi connectivity index (χ3v) is 3.44. The van der Waals surface area contributed by atoms with Gasteiger partial charge in [0.2, 0.25) is 0 Å². The molecule has 2 rings (SSSR count). The molecule has 0 radical (unpaired) electrons. The minimum atomic E-state index is -0.856. The van der Waals surface area contributed by atoms with Gasteiger partial charge in [0.15, 0.2) is 0 Å². The molecule has 1 heterocycles. The van der Waals surface area contributed by atoms with Crippen LogP contribution in [0.5, 0.6) is 0 Å². The maximum Gasteiger partial charge on any atom is 0.345 e. The first-order valence-corrected chi connectivity index (χ1v) is 5.39. The number of benzene rings is 1. The van der Waals surface area contributed by atoms with Gasteiger partial charge >= 0.3 is 5.97 Å². The van der Waals surface area contributed by atoms with Crippen molar-refractivity contribution in [1.82, 2.24) is 0 Å². The molecule has 0 spiro atoms. The quantitative estimate of drug-likeness (QED) is 0.838. The van der Waals surface area contributed by atoms with Crippen molar-refractivity contribution in [2.75, 3.05) is 0 Å². The number of carboxylic acid groups (broad SMARTS) is 1. The number of hydrogen-bond acceptors (Lipinski definition) is 2. The molecule has 2 nitrogen and oxygen atoms in total. The van der Waals surface area contributed by atoms with Gasteiger partial charge in [-0.2, -0.15) is 0 Å². The van der Waals surface area contributed by atoms with Crippen LogP contribution in [0.3, 0.4) is 0 Å². The van der Waals surface area contributed by atoms with Crippen molar-refractivity contribution in [3.05, 3.63) is 46.8 Å². The van der Waals surface area contributed by atoms with E-state index in [2.05, 4.69) is 0 Å². The summed E-state index contributed by atoms with van der Waals surface area (Å²) >= 11 is 1.32. The van der Waals surface area contributed by atoms with Gasteiger partial charge in [0.25, 0.3) is 0 Å². The Morgan fingerprint density at radius 3 is 2.47 bits per heavy atom. The van der Waals surface area contributed by atoms with Crippen LogP contribution in [0.1, 0.15) is 15.2 Å². The molecule has 0 saturated carbocycles. The van der Waals surface area contributed by atoms with Gasteiger partial charge in [-0.15, -0.1) is 11.3 Å². The molecule has 0 amide bonds. The van der Waals surface area contributed by atoms with Crippen molar-refractivity contribution in [2.45, 2.75) is 6.92 Å². The Bertz CT molecular complexity index is 486. The second kappa shape index (κ2) is 3.87. The van der Waals surface area contributed by atoms with E-state index < -0.39 is 5.97 Å². The van der Waals surface area contributed by atoms with E-state index in [9.17, 15) is 4.79 Å². The lowest BCUT2D eigenvalue weighted by molar-refractivity contribution is 0.0702. The highest BCUT2D eigenvalue weighted by molar-refractivity contribution is 7.17. The maximum atomic E-state index is 10.8. The van der Waals surface area contributed by atoms with E-state index in [0.29, 0.717) is 4.88 Å². The number of carbonyl (C=O) groups is 1. The van der Waals surface area contributed by atoms with E-state index in [-0.39, 0.29) is 0 Å². The zero-order valence-electron chi connectivity index (χ0n) is 8.23. The molecule has 0 atom stereocenters. The van der Waals surface area contributed by atoms with Crippen LogP contribution in [0.25, 0.3) is 10.4 Å². The lowest BCUT2D eigenvalue weighted by Crippen LogP contribution is -1.89. The third-order valence-electron chi connectivity index (χ3n) is 2.16.